The lowest BCUT2D eigenvalue weighted by atomic mass is 10.0. The Balaban J connectivity index is 0.000000484. The van der Waals surface area contributed by atoms with Gasteiger partial charge in [-0.05, 0) is 62.5 Å². The number of rotatable bonds is 19. The van der Waals surface area contributed by atoms with Crippen LogP contribution in [-0.2, 0) is 32.9 Å². The number of aliphatic hydroxyl groups is 10. The van der Waals surface area contributed by atoms with E-state index in [-0.39, 0.29) is 49.1 Å². The van der Waals surface area contributed by atoms with E-state index in [1.165, 1.54) is 19.1 Å². The van der Waals surface area contributed by atoms with E-state index in [0.29, 0.717) is 17.7 Å². The molecule has 1 aliphatic heterocycles. The van der Waals surface area contributed by atoms with Crippen molar-refractivity contribution in [3.8, 4) is 0 Å². The summed E-state index contributed by atoms with van der Waals surface area (Å²) in [5.74, 6) is -0.775. The number of H-pyrrole nitrogens is 1. The standard InChI is InChI=1S/C23H22F7N4O6P.2C7H17NO5/c1-12(14-8-15(22(25,26)27)10-16(9-14)23(28,29)30)40-20-19(13-2-4-17(24)5-3-13)33(6-7-39-20)11-18-31-21(35)34(32-18)41(36,37)38;2*1-8-2-4(10)6(12)7(13)5(11)3-9/h2-5,8-10,12,19-20H,6-7,11H2,1H3,(H,31,32,35)(H2,36,37,38);2*4-13H,2-3H2,1H3/t12-,19+,20-;2*4-,5+,6-,7-/m111/s1. The van der Waals surface area contributed by atoms with Crippen LogP contribution in [0.25, 0.3) is 0 Å². The Morgan fingerprint density at radius 3 is 1.64 bits per heavy atom. The van der Waals surface area contributed by atoms with Crippen LogP contribution in [0.3, 0.4) is 0 Å². The van der Waals surface area contributed by atoms with Crippen LogP contribution in [0.4, 0.5) is 30.7 Å². The number of likely N-dealkylation sites (N-methyl/N-ethyl adjacent to an activating group) is 2. The molecule has 0 spiro atoms. The Morgan fingerprint density at radius 2 is 1.25 bits per heavy atom. The van der Waals surface area contributed by atoms with Crippen molar-refractivity contribution in [2.75, 3.05) is 53.6 Å². The fraction of sp³-hybridized carbons (Fsp3) is 0.622. The van der Waals surface area contributed by atoms with E-state index in [1.54, 1.807) is 19.0 Å². The number of halogens is 7. The second kappa shape index (κ2) is 26.4. The minimum absolute atomic E-state index is 0.00603. The number of aliphatic hydroxyl groups excluding tert-OH is 10. The average Bonchev–Trinajstić information content (AvgIpc) is 3.65. The van der Waals surface area contributed by atoms with Crippen molar-refractivity contribution in [2.24, 2.45) is 0 Å². The molecular formula is C37H56F7N6O16P. The summed E-state index contributed by atoms with van der Waals surface area (Å²) < 4.78 is 117. The van der Waals surface area contributed by atoms with Crippen LogP contribution in [0.5, 0.6) is 0 Å². The molecular weight excluding hydrogens is 948 g/mol. The summed E-state index contributed by atoms with van der Waals surface area (Å²) in [6, 6.07) is 5.01. The Morgan fingerprint density at radius 1 is 0.806 bits per heavy atom. The summed E-state index contributed by atoms with van der Waals surface area (Å²) >= 11 is 0. The number of hydrogen-bond acceptors (Lipinski definition) is 18. The molecule has 22 nitrogen and oxygen atoms in total. The quantitative estimate of drug-likeness (QED) is 0.0442. The summed E-state index contributed by atoms with van der Waals surface area (Å²) in [6.07, 6.45) is -24.1. The van der Waals surface area contributed by atoms with Gasteiger partial charge in [-0.3, -0.25) is 9.88 Å². The molecule has 384 valence electrons. The number of hydrogen-bond donors (Lipinski definition) is 15. The van der Waals surface area contributed by atoms with Gasteiger partial charge in [-0.25, -0.2) is 13.8 Å². The molecule has 11 atom stereocenters. The van der Waals surface area contributed by atoms with Crippen molar-refractivity contribution in [2.45, 2.75) is 93.1 Å². The monoisotopic (exact) mass is 1000 g/mol. The number of benzene rings is 2. The topological polar surface area (TPSA) is 356 Å². The first-order valence-corrected chi connectivity index (χ1v) is 21.3. The third-order valence-electron chi connectivity index (χ3n) is 9.67. The molecule has 0 saturated carbocycles. The molecule has 15 N–H and O–H groups in total. The van der Waals surface area contributed by atoms with Gasteiger partial charge in [0.1, 0.15) is 48.3 Å². The van der Waals surface area contributed by atoms with E-state index in [1.807, 2.05) is 0 Å². The van der Waals surface area contributed by atoms with Gasteiger partial charge in [-0.1, -0.05) is 12.1 Å². The Hall–Kier alpha value is -3.56. The van der Waals surface area contributed by atoms with Gasteiger partial charge in [-0.2, -0.15) is 26.3 Å². The lowest BCUT2D eigenvalue weighted by Crippen LogP contribution is -2.48. The third kappa shape index (κ3) is 18.0. The zero-order valence-electron chi connectivity index (χ0n) is 35.8. The SMILES string of the molecule is CNC[C@@H](O)[C@@H](O)[C@H](O)[C@@H](O)CO.CNC[C@@H](O)[C@@H](O)[C@H](O)[C@@H](O)CO.C[C@@H](O[C@H]1OCCN(Cc2nn(P(=O)(O)O)c(=O)[nH]2)[C@H]1c1ccc(F)cc1)c1cc(C(F)(F)F)cc(C(F)(F)F)c1. The molecule has 4 rings (SSSR count). The molecule has 1 saturated heterocycles. The first kappa shape index (κ1) is 59.6. The van der Waals surface area contributed by atoms with Crippen molar-refractivity contribution in [3.05, 3.63) is 86.8 Å². The van der Waals surface area contributed by atoms with Crippen LogP contribution in [0.15, 0.2) is 47.3 Å². The predicted molar refractivity (Wildman–Crippen MR) is 216 cm³/mol. The van der Waals surface area contributed by atoms with E-state index in [2.05, 4.69) is 20.7 Å². The number of morpholine rings is 1. The van der Waals surface area contributed by atoms with E-state index in [0.717, 1.165) is 12.1 Å². The molecule has 0 radical (unpaired) electrons. The highest BCUT2D eigenvalue weighted by atomic mass is 31.2. The van der Waals surface area contributed by atoms with Gasteiger partial charge in [-0.15, -0.1) is 9.55 Å². The van der Waals surface area contributed by atoms with Gasteiger partial charge >= 0.3 is 25.8 Å². The van der Waals surface area contributed by atoms with E-state index < -0.39 is 129 Å². The number of nitrogens with one attached hydrogen (secondary N) is 3. The highest BCUT2D eigenvalue weighted by molar-refractivity contribution is 7.49. The largest absolute Gasteiger partial charge is 0.454 e. The van der Waals surface area contributed by atoms with E-state index in [4.69, 9.17) is 50.3 Å². The van der Waals surface area contributed by atoms with Crippen LogP contribution >= 0.6 is 7.75 Å². The molecule has 1 fully saturated rings. The summed E-state index contributed by atoms with van der Waals surface area (Å²) in [5, 5.41) is 98.6. The molecule has 1 aliphatic rings. The van der Waals surface area contributed by atoms with Gasteiger partial charge in [0.15, 0.2) is 6.29 Å². The zero-order chi connectivity index (χ0) is 51.2. The lowest BCUT2D eigenvalue weighted by Gasteiger charge is -2.41. The molecule has 0 amide bonds. The number of ether oxygens (including phenoxy) is 2. The molecule has 2 aromatic carbocycles. The van der Waals surface area contributed by atoms with E-state index >= 15 is 0 Å². The first-order valence-electron chi connectivity index (χ1n) is 19.8. The molecule has 3 aromatic rings. The Labute approximate surface area is 376 Å². The molecule has 0 aliphatic carbocycles. The molecule has 2 heterocycles. The lowest BCUT2D eigenvalue weighted by molar-refractivity contribution is -0.231. The summed E-state index contributed by atoms with van der Waals surface area (Å²) in [7, 11) is -1.92. The number of alkyl halides is 6. The minimum Gasteiger partial charge on any atom is -0.394 e. The van der Waals surface area contributed by atoms with Crippen molar-refractivity contribution in [3.63, 3.8) is 0 Å². The van der Waals surface area contributed by atoms with Crippen LogP contribution in [-0.4, -0.2) is 189 Å². The van der Waals surface area contributed by atoms with Crippen LogP contribution in [0.1, 0.15) is 47.1 Å². The fourth-order valence-corrected chi connectivity index (χ4v) is 6.60. The Kier molecular flexibility index (Phi) is 23.5. The zero-order valence-corrected chi connectivity index (χ0v) is 36.7. The molecule has 1 aromatic heterocycles. The number of aromatic amines is 1. The number of nitrogens with zero attached hydrogens (tertiary/aromatic N) is 3. The maximum absolute atomic E-state index is 13.7. The van der Waals surface area contributed by atoms with Crippen molar-refractivity contribution >= 4 is 7.75 Å². The maximum atomic E-state index is 13.7. The predicted octanol–water partition coefficient (Wildman–Crippen LogP) is -2.35. The van der Waals surface area contributed by atoms with Crippen molar-refractivity contribution in [1.29, 1.82) is 0 Å². The third-order valence-corrected chi connectivity index (χ3v) is 10.4. The smallest absolute Gasteiger partial charge is 0.394 e. The van der Waals surface area contributed by atoms with Crippen molar-refractivity contribution < 1.29 is 106 Å². The van der Waals surface area contributed by atoms with Crippen LogP contribution in [0.2, 0.25) is 0 Å². The van der Waals surface area contributed by atoms with Crippen LogP contribution < -0.4 is 16.3 Å². The molecule has 0 bridgehead atoms. The summed E-state index contributed by atoms with van der Waals surface area (Å²) in [4.78, 5) is 34.3. The summed E-state index contributed by atoms with van der Waals surface area (Å²) in [6.45, 7) is -0.0952. The van der Waals surface area contributed by atoms with Gasteiger partial charge < -0.3 is 81.0 Å². The molecule has 30 heteroatoms. The van der Waals surface area contributed by atoms with Gasteiger partial charge in [0, 0.05) is 19.6 Å². The minimum atomic E-state index is -5.07. The van der Waals surface area contributed by atoms with Crippen molar-refractivity contribution in [1.82, 2.24) is 30.1 Å². The molecule has 67 heavy (non-hydrogen) atoms. The second-order valence-corrected chi connectivity index (χ2v) is 16.2. The van der Waals surface area contributed by atoms with E-state index in [9.17, 15) is 60.1 Å². The second-order valence-electron chi connectivity index (χ2n) is 14.8. The maximum Gasteiger partial charge on any atom is 0.454 e. The average molecular weight is 1000 g/mol. The van der Waals surface area contributed by atoms with Crippen LogP contribution in [0, 0.1) is 5.82 Å². The highest BCUT2D eigenvalue weighted by Gasteiger charge is 2.40. The summed E-state index contributed by atoms with van der Waals surface area (Å²) in [5.41, 5.74) is -4.31. The van der Waals surface area contributed by atoms with Gasteiger partial charge in [0.2, 0.25) is 0 Å². The van der Waals surface area contributed by atoms with Gasteiger partial charge in [0.25, 0.3) is 0 Å². The number of aromatic nitrogens is 3. The highest BCUT2D eigenvalue weighted by Crippen LogP contribution is 2.40. The first-order chi connectivity index (χ1) is 31.0. The fourth-order valence-electron chi connectivity index (χ4n) is 6.09. The Bertz CT molecular complexity index is 1970. The van der Waals surface area contributed by atoms with Gasteiger partial charge in [0.05, 0.1) is 61.8 Å². The normalized spacial score (nSPS) is 20.2. The molecule has 0 unspecified atom stereocenters.